The zero-order valence-electron chi connectivity index (χ0n) is 47.9. The maximum absolute atomic E-state index is 6.51. The summed E-state index contributed by atoms with van der Waals surface area (Å²) in [6, 6.07) is 65.2. The van der Waals surface area contributed by atoms with Crippen LogP contribution in [-0.2, 0) is 16.2 Å². The molecule has 8 nitrogen and oxygen atoms in total. The minimum absolute atomic E-state index is 0.0400. The summed E-state index contributed by atoms with van der Waals surface area (Å²) in [5.41, 5.74) is 18.7. The van der Waals surface area contributed by atoms with Crippen molar-refractivity contribution in [2.75, 3.05) is 41.1 Å². The van der Waals surface area contributed by atoms with Crippen LogP contribution in [0.1, 0.15) is 91.8 Å². The van der Waals surface area contributed by atoms with Crippen LogP contribution >= 0.6 is 0 Å². The minimum atomic E-state index is -0.131. The molecule has 4 aliphatic rings. The van der Waals surface area contributed by atoms with Crippen molar-refractivity contribution < 1.29 is 23.4 Å². The molecule has 0 saturated carbocycles. The first-order valence-electron chi connectivity index (χ1n) is 28.8. The maximum Gasteiger partial charge on any atom is 0.252 e. The Morgan fingerprint density at radius 1 is 0.395 bits per heavy atom. The van der Waals surface area contributed by atoms with Crippen molar-refractivity contribution in [3.63, 3.8) is 0 Å². The van der Waals surface area contributed by atoms with E-state index in [-0.39, 0.29) is 23.0 Å². The number of ether oxygens (including phenoxy) is 4. The van der Waals surface area contributed by atoms with E-state index >= 15 is 0 Å². The summed E-state index contributed by atoms with van der Waals surface area (Å²) in [7, 11) is 0. The van der Waals surface area contributed by atoms with Crippen LogP contribution in [0.5, 0.6) is 23.0 Å². The van der Waals surface area contributed by atoms with Gasteiger partial charge in [0.05, 0.1) is 43.5 Å². The van der Waals surface area contributed by atoms with E-state index in [2.05, 4.69) is 241 Å². The highest BCUT2D eigenvalue weighted by atomic mass is 16.5. The lowest BCUT2D eigenvalue weighted by molar-refractivity contribution is 0.296. The van der Waals surface area contributed by atoms with Crippen LogP contribution in [0.4, 0.5) is 51.2 Å². The Bertz CT molecular complexity index is 3940. The molecule has 0 unspecified atom stereocenters. The van der Waals surface area contributed by atoms with Gasteiger partial charge < -0.3 is 38.1 Å². The Balaban J connectivity index is 1.06. The lowest BCUT2D eigenvalue weighted by atomic mass is 9.33. The molecule has 14 rings (SSSR count). The molecular formula is C72H68BN3O5. The van der Waals surface area contributed by atoms with Gasteiger partial charge in [0.1, 0.15) is 11.3 Å². The molecule has 81 heavy (non-hydrogen) atoms. The Kier molecular flexibility index (Phi) is 11.9. The molecule has 0 fully saturated rings. The summed E-state index contributed by atoms with van der Waals surface area (Å²) < 4.78 is 32.0. The third-order valence-electron chi connectivity index (χ3n) is 16.8. The van der Waals surface area contributed by atoms with E-state index in [4.69, 9.17) is 23.4 Å². The van der Waals surface area contributed by atoms with Crippen LogP contribution < -0.4 is 50.0 Å². The predicted molar refractivity (Wildman–Crippen MR) is 335 cm³/mol. The molecule has 9 heteroatoms. The van der Waals surface area contributed by atoms with Crippen molar-refractivity contribution in [2.24, 2.45) is 0 Å². The van der Waals surface area contributed by atoms with E-state index < -0.39 is 0 Å². The molecule has 0 saturated heterocycles. The van der Waals surface area contributed by atoms with Gasteiger partial charge in [0.25, 0.3) is 6.71 Å². The zero-order chi connectivity index (χ0) is 55.5. The highest BCUT2D eigenvalue weighted by molar-refractivity contribution is 7.00. The first-order valence-corrected chi connectivity index (χ1v) is 28.8. The number of furan rings is 1. The highest BCUT2D eigenvalue weighted by Gasteiger charge is 2.45. The van der Waals surface area contributed by atoms with Gasteiger partial charge in [-0.05, 0) is 151 Å². The van der Waals surface area contributed by atoms with Crippen molar-refractivity contribution in [3.8, 4) is 34.3 Å². The first-order chi connectivity index (χ1) is 39.0. The second-order valence-corrected chi connectivity index (χ2v) is 25.4. The predicted octanol–water partition coefficient (Wildman–Crippen LogP) is 17.0. The van der Waals surface area contributed by atoms with Crippen LogP contribution in [0.3, 0.4) is 0 Å². The molecule has 0 atom stereocenters. The molecule has 4 aliphatic heterocycles. The average molecular weight is 1070 g/mol. The number of nitrogens with zero attached hydrogens (tertiary/aromatic N) is 3. The van der Waals surface area contributed by atoms with Crippen molar-refractivity contribution in [2.45, 2.75) is 91.4 Å². The van der Waals surface area contributed by atoms with Gasteiger partial charge in [-0.15, -0.1) is 0 Å². The first kappa shape index (κ1) is 50.6. The maximum atomic E-state index is 6.51. The third-order valence-corrected chi connectivity index (χ3v) is 16.8. The summed E-state index contributed by atoms with van der Waals surface area (Å²) in [6.45, 7) is 23.0. The Morgan fingerprint density at radius 2 is 0.901 bits per heavy atom. The van der Waals surface area contributed by atoms with E-state index in [0.29, 0.717) is 26.4 Å². The Morgan fingerprint density at radius 3 is 1.46 bits per heavy atom. The van der Waals surface area contributed by atoms with E-state index in [1.807, 2.05) is 12.1 Å². The van der Waals surface area contributed by atoms with Crippen LogP contribution in [0.2, 0.25) is 0 Å². The van der Waals surface area contributed by atoms with Crippen LogP contribution in [0.25, 0.3) is 33.1 Å². The van der Waals surface area contributed by atoms with Crippen molar-refractivity contribution in [1.29, 1.82) is 0 Å². The number of hydrogen-bond acceptors (Lipinski definition) is 8. The largest absolute Gasteiger partial charge is 0.490 e. The number of anilines is 9. The normalized spacial score (nSPS) is 14.8. The molecule has 0 bridgehead atoms. The molecule has 0 aliphatic carbocycles. The number of fused-ring (bicyclic) bond motifs is 8. The van der Waals surface area contributed by atoms with Crippen LogP contribution in [0, 0.1) is 0 Å². The fraction of sp³-hybridized carbons (Fsp3) is 0.250. The quantitative estimate of drug-likeness (QED) is 0.153. The van der Waals surface area contributed by atoms with E-state index in [0.717, 1.165) is 120 Å². The van der Waals surface area contributed by atoms with Crippen molar-refractivity contribution in [1.82, 2.24) is 0 Å². The summed E-state index contributed by atoms with van der Waals surface area (Å²) in [5.74, 6) is 3.88. The second kappa shape index (κ2) is 19.0. The molecule has 5 heterocycles. The van der Waals surface area contributed by atoms with Gasteiger partial charge in [0.2, 0.25) is 0 Å². The average Bonchev–Trinajstić information content (AvgIpc) is 3.44. The molecule has 0 N–H and O–H groups in total. The molecule has 404 valence electrons. The van der Waals surface area contributed by atoms with E-state index in [1.165, 1.54) is 33.1 Å². The SMILES string of the molecule is CC(C)(C)c1ccc(N(c2cc3c4c(c2)N(c2ccc5c(c2)OCCCO5)c2ccc(C(C)(C)C)cc2B4c2cc(C(C)(C)C)ccc2N3c2ccc3c(c2)OCCCO3)c2ccc3cc(-c4cc5ccccc5o4)ccc3c2)cc1. The smallest absolute Gasteiger partial charge is 0.252 e. The number of hydrogen-bond donors (Lipinski definition) is 0. The van der Waals surface area contributed by atoms with Gasteiger partial charge in [0.15, 0.2) is 23.0 Å². The zero-order valence-corrected chi connectivity index (χ0v) is 47.9. The molecular weight excluding hydrogens is 998 g/mol. The number of para-hydroxylation sites is 1. The Hall–Kier alpha value is -8.56. The molecule has 1 aromatic heterocycles. The third kappa shape index (κ3) is 8.93. The van der Waals surface area contributed by atoms with Gasteiger partial charge in [-0.3, -0.25) is 0 Å². The molecule has 0 radical (unpaired) electrons. The second-order valence-electron chi connectivity index (χ2n) is 25.4. The monoisotopic (exact) mass is 1070 g/mol. The molecule has 9 aromatic carbocycles. The van der Waals surface area contributed by atoms with Gasteiger partial charge in [-0.1, -0.05) is 135 Å². The molecule has 10 aromatic rings. The summed E-state index contributed by atoms with van der Waals surface area (Å²) in [4.78, 5) is 7.42. The van der Waals surface area contributed by atoms with Crippen molar-refractivity contribution >= 4 is 96.0 Å². The van der Waals surface area contributed by atoms with Crippen LogP contribution in [0.15, 0.2) is 180 Å². The summed E-state index contributed by atoms with van der Waals surface area (Å²) in [6.07, 6.45) is 1.64. The molecule has 0 amide bonds. The highest BCUT2D eigenvalue weighted by Crippen LogP contribution is 2.51. The molecule has 0 spiro atoms. The van der Waals surface area contributed by atoms with Gasteiger partial charge in [-0.2, -0.15) is 0 Å². The fourth-order valence-electron chi connectivity index (χ4n) is 12.4. The van der Waals surface area contributed by atoms with E-state index in [9.17, 15) is 0 Å². The van der Waals surface area contributed by atoms with Crippen molar-refractivity contribution in [3.05, 3.63) is 193 Å². The standard InChI is InChI=1S/C72H68BN3O5/c1-70(2,3)49-19-24-52(25-20-49)74(53-23-18-45-36-48(17-16-46(45)37-53)66-38-47-14-10-11-15-63(47)81-66)56-41-61-69-62(42-56)76(55-27-31-65-68(44-55)80-35-13-33-78-65)60-29-22-51(72(7,8)9)40-58(60)73(69)57-39-50(71(4,5)6)21-28-59(57)75(61)54-26-30-64-67(43-54)79-34-12-32-77-64/h10-11,14-31,36-44H,12-13,32-35H2,1-9H3. The topological polar surface area (TPSA) is 59.8 Å². The lowest BCUT2D eigenvalue weighted by Gasteiger charge is -2.45. The van der Waals surface area contributed by atoms with E-state index in [1.54, 1.807) is 0 Å². The van der Waals surface area contributed by atoms with Gasteiger partial charge >= 0.3 is 0 Å². The fourth-order valence-corrected chi connectivity index (χ4v) is 12.4. The Labute approximate surface area is 476 Å². The number of benzene rings is 9. The van der Waals surface area contributed by atoms with Gasteiger partial charge in [-0.25, -0.2) is 0 Å². The summed E-state index contributed by atoms with van der Waals surface area (Å²) >= 11 is 0. The minimum Gasteiger partial charge on any atom is -0.490 e. The number of rotatable bonds is 6. The van der Waals surface area contributed by atoms with Crippen LogP contribution in [-0.4, -0.2) is 33.1 Å². The lowest BCUT2D eigenvalue weighted by Crippen LogP contribution is -2.61. The summed E-state index contributed by atoms with van der Waals surface area (Å²) in [5, 5.41) is 3.34. The van der Waals surface area contributed by atoms with Gasteiger partial charge in [0, 0.05) is 70.0 Å².